The monoisotopic (exact) mass is 278 g/mol. The lowest BCUT2D eigenvalue weighted by Gasteiger charge is -2.33. The molecular formula is C15H19ClN2O. The Labute approximate surface area is 118 Å². The molecule has 1 aliphatic rings. The smallest absolute Gasteiger partial charge is 0.125 e. The topological polar surface area (TPSA) is 27.1 Å². The molecule has 2 aromatic rings. The summed E-state index contributed by atoms with van der Waals surface area (Å²) in [6.07, 6.45) is 3.99. The zero-order chi connectivity index (χ0) is 13.4. The third-order valence-electron chi connectivity index (χ3n) is 4.33. The van der Waals surface area contributed by atoms with E-state index in [4.69, 9.17) is 16.3 Å². The minimum Gasteiger partial charge on any atom is -0.497 e. The van der Waals surface area contributed by atoms with E-state index in [9.17, 15) is 0 Å². The highest BCUT2D eigenvalue weighted by Crippen LogP contribution is 2.38. The lowest BCUT2D eigenvalue weighted by molar-refractivity contribution is 0.223. The van der Waals surface area contributed by atoms with Crippen molar-refractivity contribution < 1.29 is 4.74 Å². The van der Waals surface area contributed by atoms with Crippen LogP contribution in [0.1, 0.15) is 38.1 Å². The van der Waals surface area contributed by atoms with Crippen LogP contribution in [0.2, 0.25) is 0 Å². The molecule has 1 atom stereocenters. The minimum absolute atomic E-state index is 0.452. The summed E-state index contributed by atoms with van der Waals surface area (Å²) in [6, 6.07) is 6.54. The summed E-state index contributed by atoms with van der Waals surface area (Å²) in [5.41, 5.74) is 2.14. The lowest BCUT2D eigenvalue weighted by atomic mass is 9.80. The Kier molecular flexibility index (Phi) is 3.40. The van der Waals surface area contributed by atoms with Gasteiger partial charge in [0.25, 0.3) is 0 Å². The molecule has 1 unspecified atom stereocenters. The average Bonchev–Trinajstić information content (AvgIpc) is 2.73. The highest BCUT2D eigenvalue weighted by atomic mass is 35.5. The van der Waals surface area contributed by atoms with Crippen LogP contribution in [-0.2, 0) is 5.88 Å². The Balaban J connectivity index is 2.09. The zero-order valence-corrected chi connectivity index (χ0v) is 12.2. The quantitative estimate of drug-likeness (QED) is 0.786. The van der Waals surface area contributed by atoms with Crippen molar-refractivity contribution in [3.8, 4) is 5.75 Å². The van der Waals surface area contributed by atoms with Gasteiger partial charge in [-0.3, -0.25) is 0 Å². The summed E-state index contributed by atoms with van der Waals surface area (Å²) in [6.45, 7) is 2.28. The molecule has 0 N–H and O–H groups in total. The predicted molar refractivity (Wildman–Crippen MR) is 77.9 cm³/mol. The van der Waals surface area contributed by atoms with E-state index in [1.165, 1.54) is 19.3 Å². The van der Waals surface area contributed by atoms with E-state index in [0.717, 1.165) is 28.5 Å². The van der Waals surface area contributed by atoms with Crippen LogP contribution in [0.3, 0.4) is 0 Å². The standard InChI is InChI=1S/C15H19ClN2O/c1-10(11-4-3-5-11)18-14-7-6-12(19-2)8-13(14)17-15(18)9-16/h6-8,10-11H,3-5,9H2,1-2H3. The van der Waals surface area contributed by atoms with Gasteiger partial charge in [-0.25, -0.2) is 4.98 Å². The number of rotatable bonds is 4. The number of halogens is 1. The number of hydrogen-bond donors (Lipinski definition) is 0. The molecule has 0 spiro atoms. The molecule has 4 heteroatoms. The van der Waals surface area contributed by atoms with Crippen molar-refractivity contribution in [2.24, 2.45) is 5.92 Å². The summed E-state index contributed by atoms with van der Waals surface area (Å²) >= 11 is 6.07. The van der Waals surface area contributed by atoms with Gasteiger partial charge in [-0.2, -0.15) is 0 Å². The number of ether oxygens (including phenoxy) is 1. The minimum atomic E-state index is 0.452. The van der Waals surface area contributed by atoms with Gasteiger partial charge in [0.2, 0.25) is 0 Å². The van der Waals surface area contributed by atoms with E-state index in [-0.39, 0.29) is 0 Å². The van der Waals surface area contributed by atoms with E-state index < -0.39 is 0 Å². The number of imidazole rings is 1. The molecule has 0 radical (unpaired) electrons. The molecular weight excluding hydrogens is 260 g/mol. The lowest BCUT2D eigenvalue weighted by Crippen LogP contribution is -2.23. The van der Waals surface area contributed by atoms with Crippen LogP contribution in [0.15, 0.2) is 18.2 Å². The molecule has 0 bridgehead atoms. The van der Waals surface area contributed by atoms with Gasteiger partial charge >= 0.3 is 0 Å². The molecule has 1 fully saturated rings. The summed E-state index contributed by atoms with van der Waals surface area (Å²) < 4.78 is 7.57. The number of fused-ring (bicyclic) bond motifs is 1. The average molecular weight is 279 g/mol. The van der Waals surface area contributed by atoms with E-state index in [2.05, 4.69) is 22.5 Å². The number of benzene rings is 1. The maximum absolute atomic E-state index is 6.07. The number of methoxy groups -OCH3 is 1. The normalized spacial score (nSPS) is 17.4. The van der Waals surface area contributed by atoms with Crippen molar-refractivity contribution in [2.45, 2.75) is 38.1 Å². The first-order valence-corrected chi connectivity index (χ1v) is 7.39. The Hall–Kier alpha value is -1.22. The Morgan fingerprint density at radius 3 is 2.84 bits per heavy atom. The number of hydrogen-bond acceptors (Lipinski definition) is 2. The first kappa shape index (κ1) is 12.8. The molecule has 3 nitrogen and oxygen atoms in total. The molecule has 1 heterocycles. The van der Waals surface area contributed by atoms with Gasteiger partial charge in [0, 0.05) is 12.1 Å². The van der Waals surface area contributed by atoms with Crippen LogP contribution >= 0.6 is 11.6 Å². The van der Waals surface area contributed by atoms with Crippen molar-refractivity contribution in [3.05, 3.63) is 24.0 Å². The van der Waals surface area contributed by atoms with Crippen LogP contribution in [0.25, 0.3) is 11.0 Å². The summed E-state index contributed by atoms with van der Waals surface area (Å²) in [5, 5.41) is 0. The first-order valence-electron chi connectivity index (χ1n) is 6.85. The van der Waals surface area contributed by atoms with E-state index in [1.54, 1.807) is 7.11 Å². The Morgan fingerprint density at radius 1 is 1.47 bits per heavy atom. The van der Waals surface area contributed by atoms with Gasteiger partial charge in [-0.05, 0) is 37.8 Å². The molecule has 1 aromatic carbocycles. The third-order valence-corrected chi connectivity index (χ3v) is 4.57. The number of alkyl halides is 1. The maximum Gasteiger partial charge on any atom is 0.125 e. The van der Waals surface area contributed by atoms with Crippen molar-refractivity contribution >= 4 is 22.6 Å². The van der Waals surface area contributed by atoms with Gasteiger partial charge in [0.15, 0.2) is 0 Å². The second-order valence-electron chi connectivity index (χ2n) is 5.32. The maximum atomic E-state index is 6.07. The SMILES string of the molecule is COc1ccc2c(c1)nc(CCl)n2C(C)C1CCC1. The second kappa shape index (κ2) is 5.04. The van der Waals surface area contributed by atoms with Gasteiger partial charge < -0.3 is 9.30 Å². The van der Waals surface area contributed by atoms with Crippen molar-refractivity contribution in [2.75, 3.05) is 7.11 Å². The van der Waals surface area contributed by atoms with Gasteiger partial charge in [0.05, 0.1) is 24.0 Å². The molecule has 1 aliphatic carbocycles. The van der Waals surface area contributed by atoms with Crippen LogP contribution in [0.4, 0.5) is 0 Å². The molecule has 102 valence electrons. The van der Waals surface area contributed by atoms with Gasteiger partial charge in [0.1, 0.15) is 11.6 Å². The third kappa shape index (κ3) is 2.10. The fourth-order valence-corrected chi connectivity index (χ4v) is 3.13. The van der Waals surface area contributed by atoms with E-state index >= 15 is 0 Å². The Morgan fingerprint density at radius 2 is 2.26 bits per heavy atom. The van der Waals surface area contributed by atoms with Crippen LogP contribution in [0, 0.1) is 5.92 Å². The summed E-state index contributed by atoms with van der Waals surface area (Å²) in [4.78, 5) is 4.65. The second-order valence-corrected chi connectivity index (χ2v) is 5.59. The van der Waals surface area contributed by atoms with Crippen LogP contribution < -0.4 is 4.74 Å². The van der Waals surface area contributed by atoms with Crippen LogP contribution in [-0.4, -0.2) is 16.7 Å². The highest BCUT2D eigenvalue weighted by Gasteiger charge is 2.27. The Bertz CT molecular complexity index is 589. The summed E-state index contributed by atoms with van der Waals surface area (Å²) in [5.74, 6) is 3.02. The molecule has 0 amide bonds. The van der Waals surface area contributed by atoms with Gasteiger partial charge in [-0.15, -0.1) is 11.6 Å². The fraction of sp³-hybridized carbons (Fsp3) is 0.533. The number of nitrogens with zero attached hydrogens (tertiary/aromatic N) is 2. The zero-order valence-electron chi connectivity index (χ0n) is 11.4. The van der Waals surface area contributed by atoms with E-state index in [1.807, 2.05) is 12.1 Å². The first-order chi connectivity index (χ1) is 9.24. The summed E-state index contributed by atoms with van der Waals surface area (Å²) in [7, 11) is 1.68. The van der Waals surface area contributed by atoms with Crippen molar-refractivity contribution in [1.29, 1.82) is 0 Å². The highest BCUT2D eigenvalue weighted by molar-refractivity contribution is 6.16. The van der Waals surface area contributed by atoms with Crippen LogP contribution in [0.5, 0.6) is 5.75 Å². The molecule has 0 saturated heterocycles. The van der Waals surface area contributed by atoms with Gasteiger partial charge in [-0.1, -0.05) is 6.42 Å². The molecule has 1 aromatic heterocycles. The molecule has 0 aliphatic heterocycles. The molecule has 1 saturated carbocycles. The molecule has 3 rings (SSSR count). The number of aromatic nitrogens is 2. The molecule has 19 heavy (non-hydrogen) atoms. The van der Waals surface area contributed by atoms with E-state index in [0.29, 0.717) is 11.9 Å². The fourth-order valence-electron chi connectivity index (χ4n) is 2.94. The van der Waals surface area contributed by atoms with Crippen molar-refractivity contribution in [1.82, 2.24) is 9.55 Å². The largest absolute Gasteiger partial charge is 0.497 e. The predicted octanol–water partition coefficient (Wildman–Crippen LogP) is 4.14. The van der Waals surface area contributed by atoms with Crippen molar-refractivity contribution in [3.63, 3.8) is 0 Å².